The maximum absolute atomic E-state index is 13.7. The molecule has 2 amide bonds. The second-order valence-corrected chi connectivity index (χ2v) is 11.6. The Balaban J connectivity index is 1.89. The Hall–Kier alpha value is -2.94. The molecule has 1 atom stereocenters. The van der Waals surface area contributed by atoms with Crippen molar-refractivity contribution in [1.29, 1.82) is 0 Å². The lowest BCUT2D eigenvalue weighted by Gasteiger charge is -2.34. The molecule has 0 saturated heterocycles. The van der Waals surface area contributed by atoms with Gasteiger partial charge in [0.15, 0.2) is 0 Å². The zero-order valence-corrected chi connectivity index (χ0v) is 22.8. The summed E-state index contributed by atoms with van der Waals surface area (Å²) in [6.07, 6.45) is 7.30. The highest BCUT2D eigenvalue weighted by atomic mass is 32.2. The topological polar surface area (TPSA) is 86.8 Å². The van der Waals surface area contributed by atoms with Crippen molar-refractivity contribution in [2.24, 2.45) is 0 Å². The average molecular weight is 532 g/mol. The molecule has 37 heavy (non-hydrogen) atoms. The van der Waals surface area contributed by atoms with E-state index >= 15 is 0 Å². The van der Waals surface area contributed by atoms with Crippen LogP contribution in [0.5, 0.6) is 0 Å². The number of hydrogen-bond donors (Lipinski definition) is 1. The molecule has 1 aliphatic carbocycles. The summed E-state index contributed by atoms with van der Waals surface area (Å²) in [6.45, 7) is 3.44. The number of nitrogens with one attached hydrogen (secondary N) is 1. The number of hydrogen-bond acceptors (Lipinski definition) is 4. The lowest BCUT2D eigenvalue weighted by molar-refractivity contribution is -0.140. The molecule has 1 saturated carbocycles. The maximum atomic E-state index is 13.7. The summed E-state index contributed by atoms with van der Waals surface area (Å²) in [7, 11) is -3.78. The zero-order valence-electron chi connectivity index (χ0n) is 22.0. The number of carbonyl (C=O) groups is 2. The molecule has 202 valence electrons. The standard InChI is InChI=1S/C28H38FN3O4S/c1-4-21-13-17-25(18-14-21)32(37(3,35)36)20-27(33)31(19-22-11-15-23(29)16-12-22)26(5-2)28(34)30-24-9-7-6-8-10-24/h11-18,24,26H,4-10,19-20H2,1-3H3,(H,30,34)/t26-/m1/s1. The molecule has 0 aromatic heterocycles. The molecule has 3 rings (SSSR count). The molecule has 9 heteroatoms. The molecule has 0 heterocycles. The molecule has 7 nitrogen and oxygen atoms in total. The van der Waals surface area contributed by atoms with E-state index in [2.05, 4.69) is 5.32 Å². The van der Waals surface area contributed by atoms with Crippen LogP contribution in [0.2, 0.25) is 0 Å². The molecule has 2 aromatic carbocycles. The molecule has 1 N–H and O–H groups in total. The summed E-state index contributed by atoms with van der Waals surface area (Å²) < 4.78 is 40.0. The second-order valence-electron chi connectivity index (χ2n) is 9.71. The van der Waals surface area contributed by atoms with Crippen molar-refractivity contribution in [1.82, 2.24) is 10.2 Å². The third-order valence-corrected chi connectivity index (χ3v) is 8.06. The Bertz CT molecular complexity index is 1150. The molecule has 1 fully saturated rings. The van der Waals surface area contributed by atoms with Gasteiger partial charge in [-0.1, -0.05) is 57.4 Å². The van der Waals surface area contributed by atoms with Gasteiger partial charge >= 0.3 is 0 Å². The minimum absolute atomic E-state index is 0.0576. The van der Waals surface area contributed by atoms with Gasteiger partial charge < -0.3 is 10.2 Å². The van der Waals surface area contributed by atoms with Crippen LogP contribution < -0.4 is 9.62 Å². The summed E-state index contributed by atoms with van der Waals surface area (Å²) >= 11 is 0. The van der Waals surface area contributed by atoms with E-state index in [0.717, 1.165) is 54.6 Å². The van der Waals surface area contributed by atoms with E-state index < -0.39 is 34.3 Å². The van der Waals surface area contributed by atoms with E-state index in [1.807, 2.05) is 26.0 Å². The number of benzene rings is 2. The van der Waals surface area contributed by atoms with Crippen LogP contribution in [0.1, 0.15) is 63.5 Å². The van der Waals surface area contributed by atoms with Crippen molar-refractivity contribution in [2.75, 3.05) is 17.1 Å². The van der Waals surface area contributed by atoms with Crippen molar-refractivity contribution >= 4 is 27.5 Å². The predicted molar refractivity (Wildman–Crippen MR) is 144 cm³/mol. The number of sulfonamides is 1. The fourth-order valence-corrected chi connectivity index (χ4v) is 5.61. The highest BCUT2D eigenvalue weighted by molar-refractivity contribution is 7.92. The summed E-state index contributed by atoms with van der Waals surface area (Å²) in [5.41, 5.74) is 2.08. The highest BCUT2D eigenvalue weighted by Gasteiger charge is 2.32. The van der Waals surface area contributed by atoms with Crippen molar-refractivity contribution < 1.29 is 22.4 Å². The van der Waals surface area contributed by atoms with Gasteiger partial charge in [0.1, 0.15) is 18.4 Å². The van der Waals surface area contributed by atoms with E-state index in [1.165, 1.54) is 17.0 Å². The first kappa shape index (κ1) is 28.6. The van der Waals surface area contributed by atoms with Crippen LogP contribution in [0.4, 0.5) is 10.1 Å². The molecule has 1 aliphatic rings. The van der Waals surface area contributed by atoms with Gasteiger partial charge in [0.25, 0.3) is 0 Å². The molecule has 2 aromatic rings. The van der Waals surface area contributed by atoms with Crippen LogP contribution in [-0.2, 0) is 32.6 Å². The average Bonchev–Trinajstić information content (AvgIpc) is 2.88. The van der Waals surface area contributed by atoms with Crippen LogP contribution in [0.25, 0.3) is 0 Å². The van der Waals surface area contributed by atoms with E-state index in [9.17, 15) is 22.4 Å². The maximum Gasteiger partial charge on any atom is 0.244 e. The first-order valence-electron chi connectivity index (χ1n) is 13.0. The number of nitrogens with zero attached hydrogens (tertiary/aromatic N) is 2. The number of rotatable bonds is 11. The molecule has 0 unspecified atom stereocenters. The van der Waals surface area contributed by atoms with E-state index in [4.69, 9.17) is 0 Å². The third kappa shape index (κ3) is 8.02. The molecule has 0 radical (unpaired) electrons. The monoisotopic (exact) mass is 531 g/mol. The largest absolute Gasteiger partial charge is 0.352 e. The highest BCUT2D eigenvalue weighted by Crippen LogP contribution is 2.22. The number of amides is 2. The fraction of sp³-hybridized carbons (Fsp3) is 0.500. The van der Waals surface area contributed by atoms with E-state index in [1.54, 1.807) is 24.3 Å². The Morgan fingerprint density at radius 2 is 1.57 bits per heavy atom. The van der Waals surface area contributed by atoms with Crippen molar-refractivity contribution in [3.63, 3.8) is 0 Å². The Morgan fingerprint density at radius 3 is 2.11 bits per heavy atom. The fourth-order valence-electron chi connectivity index (χ4n) is 4.76. The van der Waals surface area contributed by atoms with Crippen LogP contribution in [0.3, 0.4) is 0 Å². The smallest absolute Gasteiger partial charge is 0.244 e. The Labute approximate surface area is 220 Å². The minimum atomic E-state index is -3.78. The zero-order chi connectivity index (χ0) is 27.0. The van der Waals surface area contributed by atoms with Crippen LogP contribution >= 0.6 is 0 Å². The van der Waals surface area contributed by atoms with Crippen LogP contribution in [0, 0.1) is 5.82 Å². The van der Waals surface area contributed by atoms with Gasteiger partial charge in [-0.15, -0.1) is 0 Å². The quantitative estimate of drug-likeness (QED) is 0.465. The number of halogens is 1. The summed E-state index contributed by atoms with van der Waals surface area (Å²) in [4.78, 5) is 28.5. The van der Waals surface area contributed by atoms with Gasteiger partial charge in [0.2, 0.25) is 21.8 Å². The molecule has 0 spiro atoms. The van der Waals surface area contributed by atoms with Crippen molar-refractivity contribution in [3.8, 4) is 0 Å². The predicted octanol–water partition coefficient (Wildman–Crippen LogP) is 4.41. The van der Waals surface area contributed by atoms with E-state index in [-0.39, 0.29) is 18.5 Å². The van der Waals surface area contributed by atoms with Gasteiger partial charge in [-0.3, -0.25) is 13.9 Å². The SMILES string of the molecule is CCc1ccc(N(CC(=O)N(Cc2ccc(F)cc2)[C@H](CC)C(=O)NC2CCCCC2)S(C)(=O)=O)cc1. The molecule has 0 aliphatic heterocycles. The summed E-state index contributed by atoms with van der Waals surface area (Å²) in [5.74, 6) is -1.15. The lowest BCUT2D eigenvalue weighted by atomic mass is 9.95. The number of aryl methyl sites for hydroxylation is 1. The minimum Gasteiger partial charge on any atom is -0.352 e. The van der Waals surface area contributed by atoms with Gasteiger partial charge in [-0.05, 0) is 61.1 Å². The first-order chi connectivity index (χ1) is 17.6. The summed E-state index contributed by atoms with van der Waals surface area (Å²) in [5, 5.41) is 3.10. The van der Waals surface area contributed by atoms with E-state index in [0.29, 0.717) is 17.7 Å². The number of carbonyl (C=O) groups excluding carboxylic acids is 2. The lowest BCUT2D eigenvalue weighted by Crippen LogP contribution is -2.53. The normalized spacial score (nSPS) is 15.1. The van der Waals surface area contributed by atoms with Crippen LogP contribution in [-0.4, -0.2) is 50.0 Å². The van der Waals surface area contributed by atoms with Crippen LogP contribution in [0.15, 0.2) is 48.5 Å². The molecular formula is C28H38FN3O4S. The third-order valence-electron chi connectivity index (χ3n) is 6.92. The molecular weight excluding hydrogens is 493 g/mol. The Morgan fingerprint density at radius 1 is 0.973 bits per heavy atom. The number of anilines is 1. The van der Waals surface area contributed by atoms with Gasteiger partial charge in [-0.2, -0.15) is 0 Å². The van der Waals surface area contributed by atoms with Crippen molar-refractivity contribution in [2.45, 2.75) is 77.4 Å². The van der Waals surface area contributed by atoms with Crippen molar-refractivity contribution in [3.05, 3.63) is 65.5 Å². The first-order valence-corrected chi connectivity index (χ1v) is 14.9. The van der Waals surface area contributed by atoms with Gasteiger partial charge in [-0.25, -0.2) is 12.8 Å². The van der Waals surface area contributed by atoms with Gasteiger partial charge in [0, 0.05) is 12.6 Å². The second kappa shape index (κ2) is 13.0. The van der Waals surface area contributed by atoms with Gasteiger partial charge in [0.05, 0.1) is 11.9 Å². The summed E-state index contributed by atoms with van der Waals surface area (Å²) in [6, 6.07) is 12.1. The molecule has 0 bridgehead atoms. The Kier molecular flexibility index (Phi) is 10.1.